The Balaban J connectivity index is 1.50. The maximum Gasteiger partial charge on any atom is 0.232 e. The van der Waals surface area contributed by atoms with E-state index in [9.17, 15) is 13.6 Å². The van der Waals surface area contributed by atoms with Crippen molar-refractivity contribution < 1.29 is 18.1 Å². The Morgan fingerprint density at radius 1 is 1.15 bits per heavy atom. The molecule has 0 unspecified atom stereocenters. The van der Waals surface area contributed by atoms with E-state index in [0.717, 1.165) is 17.7 Å². The molecule has 1 fully saturated rings. The maximum absolute atomic E-state index is 13.7. The van der Waals surface area contributed by atoms with Gasteiger partial charge in [-0.05, 0) is 49.2 Å². The van der Waals surface area contributed by atoms with E-state index in [1.165, 1.54) is 6.07 Å². The summed E-state index contributed by atoms with van der Waals surface area (Å²) in [6, 6.07) is 12.4. The first-order valence-corrected chi connectivity index (χ1v) is 8.82. The lowest BCUT2D eigenvalue weighted by molar-refractivity contribution is -0.123. The molecule has 0 saturated heterocycles. The number of carbonyl (C=O) groups excluding carboxylic acids is 1. The lowest BCUT2D eigenvalue weighted by Gasteiger charge is -2.13. The second-order valence-corrected chi connectivity index (χ2v) is 6.98. The fourth-order valence-electron chi connectivity index (χ4n) is 3.01. The number of nitrogens with one attached hydrogen (secondary N) is 1. The van der Waals surface area contributed by atoms with Crippen LogP contribution in [0.2, 0.25) is 5.02 Å². The number of hydrogen-bond acceptors (Lipinski definition) is 3. The van der Waals surface area contributed by atoms with E-state index in [-0.39, 0.29) is 18.0 Å². The third-order valence-corrected chi connectivity index (χ3v) is 5.05. The van der Waals surface area contributed by atoms with Gasteiger partial charge in [-0.15, -0.1) is 0 Å². The summed E-state index contributed by atoms with van der Waals surface area (Å²) < 4.78 is 32.8. The van der Waals surface area contributed by atoms with Gasteiger partial charge in [0.1, 0.15) is 11.6 Å². The van der Waals surface area contributed by atoms with E-state index < -0.39 is 17.0 Å². The van der Waals surface area contributed by atoms with Crippen LogP contribution in [0.25, 0.3) is 11.3 Å². The van der Waals surface area contributed by atoms with Crippen molar-refractivity contribution in [1.29, 1.82) is 0 Å². The summed E-state index contributed by atoms with van der Waals surface area (Å²) in [4.78, 5) is 12.7. The van der Waals surface area contributed by atoms with Gasteiger partial charge in [0.05, 0.1) is 11.1 Å². The highest BCUT2D eigenvalue weighted by Crippen LogP contribution is 2.48. The number of benzene rings is 2. The Hall–Kier alpha value is -2.73. The number of rotatable bonds is 5. The van der Waals surface area contributed by atoms with Crippen molar-refractivity contribution in [3.05, 3.63) is 76.4 Å². The van der Waals surface area contributed by atoms with Gasteiger partial charge in [-0.25, -0.2) is 8.78 Å². The first-order chi connectivity index (χ1) is 13.0. The first kappa shape index (κ1) is 17.7. The molecule has 1 amide bonds. The number of aromatic nitrogens is 1. The van der Waals surface area contributed by atoms with Crippen molar-refractivity contribution in [2.75, 3.05) is 0 Å². The summed E-state index contributed by atoms with van der Waals surface area (Å²) >= 11 is 5.88. The smallest absolute Gasteiger partial charge is 0.232 e. The molecular formula is C20H15ClF2N2O2. The van der Waals surface area contributed by atoms with Crippen LogP contribution in [-0.2, 0) is 16.8 Å². The molecule has 1 aromatic heterocycles. The average Bonchev–Trinajstić information content (AvgIpc) is 3.32. The average molecular weight is 389 g/mol. The minimum atomic E-state index is -0.810. The van der Waals surface area contributed by atoms with Gasteiger partial charge in [0, 0.05) is 28.8 Å². The van der Waals surface area contributed by atoms with Crippen LogP contribution in [0.5, 0.6) is 0 Å². The molecular weight excluding hydrogens is 374 g/mol. The van der Waals surface area contributed by atoms with Gasteiger partial charge < -0.3 is 9.84 Å². The molecule has 0 atom stereocenters. The first-order valence-electron chi connectivity index (χ1n) is 8.44. The van der Waals surface area contributed by atoms with Crippen molar-refractivity contribution in [1.82, 2.24) is 10.5 Å². The molecule has 27 heavy (non-hydrogen) atoms. The zero-order valence-electron chi connectivity index (χ0n) is 14.1. The summed E-state index contributed by atoms with van der Waals surface area (Å²) in [6.07, 6.45) is 1.20. The zero-order valence-corrected chi connectivity index (χ0v) is 14.9. The van der Waals surface area contributed by atoms with Crippen LogP contribution >= 0.6 is 11.6 Å². The Labute approximate surface area is 159 Å². The second kappa shape index (κ2) is 6.78. The summed E-state index contributed by atoms with van der Waals surface area (Å²) in [5, 5.41) is 7.27. The molecule has 0 aliphatic heterocycles. The van der Waals surface area contributed by atoms with Crippen molar-refractivity contribution in [3.63, 3.8) is 0 Å². The normalized spacial score (nSPS) is 14.8. The monoisotopic (exact) mass is 388 g/mol. The van der Waals surface area contributed by atoms with Gasteiger partial charge in [-0.2, -0.15) is 0 Å². The van der Waals surface area contributed by atoms with Crippen LogP contribution in [0.1, 0.15) is 24.1 Å². The number of amides is 1. The van der Waals surface area contributed by atoms with Crippen molar-refractivity contribution in [3.8, 4) is 11.3 Å². The molecule has 4 rings (SSSR count). The van der Waals surface area contributed by atoms with E-state index >= 15 is 0 Å². The van der Waals surface area contributed by atoms with Crippen molar-refractivity contribution in [2.45, 2.75) is 24.8 Å². The fourth-order valence-corrected chi connectivity index (χ4v) is 3.14. The topological polar surface area (TPSA) is 55.1 Å². The van der Waals surface area contributed by atoms with Crippen LogP contribution in [0.4, 0.5) is 8.78 Å². The number of halogens is 3. The molecule has 2 aromatic carbocycles. The largest absolute Gasteiger partial charge is 0.356 e. The van der Waals surface area contributed by atoms with Gasteiger partial charge in [-0.3, -0.25) is 4.79 Å². The number of hydrogen-bond donors (Lipinski definition) is 1. The number of carbonyl (C=O) groups is 1. The quantitative estimate of drug-likeness (QED) is 0.693. The van der Waals surface area contributed by atoms with E-state index in [1.54, 1.807) is 30.3 Å². The van der Waals surface area contributed by atoms with Crippen LogP contribution < -0.4 is 5.32 Å². The van der Waals surface area contributed by atoms with E-state index in [2.05, 4.69) is 10.5 Å². The van der Waals surface area contributed by atoms with E-state index in [1.807, 2.05) is 0 Å². The minimum Gasteiger partial charge on any atom is -0.356 e. The Bertz CT molecular complexity index is 977. The van der Waals surface area contributed by atoms with Crippen LogP contribution in [0.15, 0.2) is 53.1 Å². The highest BCUT2D eigenvalue weighted by Gasteiger charge is 2.53. The molecule has 1 heterocycles. The highest BCUT2D eigenvalue weighted by molar-refractivity contribution is 6.30. The highest BCUT2D eigenvalue weighted by atomic mass is 35.5. The Morgan fingerprint density at radius 3 is 2.44 bits per heavy atom. The van der Waals surface area contributed by atoms with Gasteiger partial charge in [0.15, 0.2) is 5.76 Å². The standard InChI is InChI=1S/C20H15ClF2N2O2/c21-13-6-4-12(5-7-13)17-10-18(25-27-17)20(8-9-20)19(26)24-11-14-15(22)2-1-3-16(14)23/h1-7,10H,8-9,11H2,(H,24,26). The molecule has 1 aliphatic rings. The van der Waals surface area contributed by atoms with Crippen LogP contribution in [-0.4, -0.2) is 11.1 Å². The predicted molar refractivity (Wildman–Crippen MR) is 96.1 cm³/mol. The summed E-state index contributed by atoms with van der Waals surface area (Å²) in [7, 11) is 0. The lowest BCUT2D eigenvalue weighted by atomic mass is 10.00. The third-order valence-electron chi connectivity index (χ3n) is 4.80. The minimum absolute atomic E-state index is 0.163. The SMILES string of the molecule is O=C(NCc1c(F)cccc1F)C1(c2cc(-c3ccc(Cl)cc3)on2)CC1. The Morgan fingerprint density at radius 2 is 1.81 bits per heavy atom. The molecule has 3 aromatic rings. The molecule has 7 heteroatoms. The molecule has 1 saturated carbocycles. The van der Waals surface area contributed by atoms with Gasteiger partial charge in [0.25, 0.3) is 0 Å². The molecule has 0 radical (unpaired) electrons. The fraction of sp³-hybridized carbons (Fsp3) is 0.200. The Kier molecular flexibility index (Phi) is 4.44. The second-order valence-electron chi connectivity index (χ2n) is 6.55. The van der Waals surface area contributed by atoms with Crippen molar-refractivity contribution >= 4 is 17.5 Å². The zero-order chi connectivity index (χ0) is 19.0. The molecule has 0 bridgehead atoms. The van der Waals surface area contributed by atoms with Crippen LogP contribution in [0.3, 0.4) is 0 Å². The third kappa shape index (κ3) is 3.32. The number of nitrogens with zero attached hydrogens (tertiary/aromatic N) is 1. The molecule has 1 N–H and O–H groups in total. The summed E-state index contributed by atoms with van der Waals surface area (Å²) in [5.41, 5.74) is 0.334. The molecule has 1 aliphatic carbocycles. The van der Waals surface area contributed by atoms with Gasteiger partial charge in [-0.1, -0.05) is 22.8 Å². The summed E-state index contributed by atoms with van der Waals surface area (Å²) in [5.74, 6) is -1.17. The van der Waals surface area contributed by atoms with E-state index in [0.29, 0.717) is 29.3 Å². The summed E-state index contributed by atoms with van der Waals surface area (Å²) in [6.45, 7) is -0.221. The predicted octanol–water partition coefficient (Wildman–Crippen LogP) is 4.62. The maximum atomic E-state index is 13.7. The van der Waals surface area contributed by atoms with Gasteiger partial charge in [0.2, 0.25) is 5.91 Å². The van der Waals surface area contributed by atoms with Gasteiger partial charge >= 0.3 is 0 Å². The molecule has 138 valence electrons. The van der Waals surface area contributed by atoms with Crippen LogP contribution in [0, 0.1) is 11.6 Å². The molecule has 4 nitrogen and oxygen atoms in total. The van der Waals surface area contributed by atoms with Crippen molar-refractivity contribution in [2.24, 2.45) is 0 Å². The molecule has 0 spiro atoms. The van der Waals surface area contributed by atoms with E-state index in [4.69, 9.17) is 16.1 Å². The lowest BCUT2D eigenvalue weighted by Crippen LogP contribution is -2.35.